The normalized spacial score (nSPS) is 22.6. The zero-order chi connectivity index (χ0) is 12.5. The number of halogens is 3. The van der Waals surface area contributed by atoms with Gasteiger partial charge in [-0.05, 0) is 37.9 Å². The smallest absolute Gasteiger partial charge is 0.130 e. The van der Waals surface area contributed by atoms with E-state index in [9.17, 15) is 8.78 Å². The molecule has 1 atom stereocenters. The van der Waals surface area contributed by atoms with Crippen LogP contribution in [0.4, 0.5) is 8.78 Å². The summed E-state index contributed by atoms with van der Waals surface area (Å²) in [6, 6.07) is 5.06. The van der Waals surface area contributed by atoms with Gasteiger partial charge in [0.1, 0.15) is 11.6 Å². The largest absolute Gasteiger partial charge is 0.315 e. The molecule has 0 radical (unpaired) electrons. The van der Waals surface area contributed by atoms with Crippen LogP contribution in [0.25, 0.3) is 0 Å². The molecule has 0 aromatic heterocycles. The molecule has 0 amide bonds. The number of rotatable bonds is 4. The van der Waals surface area contributed by atoms with Crippen LogP contribution in [-0.2, 0) is 6.54 Å². The predicted octanol–water partition coefficient (Wildman–Crippen LogP) is 2.71. The first-order valence-electron chi connectivity index (χ1n) is 6.65. The molecule has 2 aliphatic rings. The maximum absolute atomic E-state index is 13.7. The fourth-order valence-corrected chi connectivity index (χ4v) is 2.75. The van der Waals surface area contributed by atoms with Gasteiger partial charge in [-0.2, -0.15) is 0 Å². The van der Waals surface area contributed by atoms with Crippen molar-refractivity contribution in [2.24, 2.45) is 0 Å². The lowest BCUT2D eigenvalue weighted by molar-refractivity contribution is 0.184. The zero-order valence-corrected chi connectivity index (χ0v) is 11.6. The lowest BCUT2D eigenvalue weighted by Crippen LogP contribution is -2.38. The Hall–Kier alpha value is -0.710. The molecule has 1 N–H and O–H groups in total. The molecule has 0 spiro atoms. The molecule has 1 aliphatic carbocycles. The van der Waals surface area contributed by atoms with Crippen molar-refractivity contribution in [3.63, 3.8) is 0 Å². The van der Waals surface area contributed by atoms with Gasteiger partial charge in [-0.1, -0.05) is 6.07 Å². The fraction of sp³-hybridized carbons (Fsp3) is 0.571. The highest BCUT2D eigenvalue weighted by atomic mass is 35.5. The minimum atomic E-state index is -0.424. The molecule has 5 heteroatoms. The summed E-state index contributed by atoms with van der Waals surface area (Å²) in [6.07, 6.45) is 3.39. The van der Waals surface area contributed by atoms with Gasteiger partial charge >= 0.3 is 0 Å². The molecule has 3 rings (SSSR count). The third-order valence-corrected chi connectivity index (χ3v) is 3.92. The van der Waals surface area contributed by atoms with Gasteiger partial charge in [-0.15, -0.1) is 12.4 Å². The standard InChI is InChI=1S/C14H18F2N2.ClH/c15-13-2-1-3-14(16)12(13)9-18(10-4-5-10)11-6-7-17-8-11;/h1-3,10-11,17H,4-9H2;1H. The maximum atomic E-state index is 13.7. The van der Waals surface area contributed by atoms with Crippen molar-refractivity contribution in [3.05, 3.63) is 35.4 Å². The molecule has 106 valence electrons. The van der Waals surface area contributed by atoms with Crippen LogP contribution >= 0.6 is 12.4 Å². The van der Waals surface area contributed by atoms with E-state index in [2.05, 4.69) is 10.2 Å². The molecule has 1 saturated heterocycles. The molecule has 1 saturated carbocycles. The predicted molar refractivity (Wildman–Crippen MR) is 73.4 cm³/mol. The zero-order valence-electron chi connectivity index (χ0n) is 10.7. The summed E-state index contributed by atoms with van der Waals surface area (Å²) in [5.74, 6) is -0.849. The van der Waals surface area contributed by atoms with Crippen molar-refractivity contribution in [1.82, 2.24) is 10.2 Å². The molecule has 1 unspecified atom stereocenters. The molecular weight excluding hydrogens is 270 g/mol. The van der Waals surface area contributed by atoms with Gasteiger partial charge in [-0.25, -0.2) is 8.78 Å². The van der Waals surface area contributed by atoms with Crippen LogP contribution in [0, 0.1) is 11.6 Å². The number of nitrogens with zero attached hydrogens (tertiary/aromatic N) is 1. The van der Waals surface area contributed by atoms with Crippen LogP contribution in [0.2, 0.25) is 0 Å². The second-order valence-electron chi connectivity index (χ2n) is 5.25. The summed E-state index contributed by atoms with van der Waals surface area (Å²) in [5, 5.41) is 3.32. The van der Waals surface area contributed by atoms with Crippen LogP contribution in [0.3, 0.4) is 0 Å². The third-order valence-electron chi connectivity index (χ3n) is 3.92. The van der Waals surface area contributed by atoms with Crippen LogP contribution < -0.4 is 5.32 Å². The minimum Gasteiger partial charge on any atom is -0.315 e. The summed E-state index contributed by atoms with van der Waals surface area (Å²) >= 11 is 0. The number of benzene rings is 1. The fourth-order valence-electron chi connectivity index (χ4n) is 2.75. The maximum Gasteiger partial charge on any atom is 0.130 e. The quantitative estimate of drug-likeness (QED) is 0.916. The van der Waals surface area contributed by atoms with Crippen LogP contribution in [0.1, 0.15) is 24.8 Å². The lowest BCUT2D eigenvalue weighted by Gasteiger charge is -2.28. The molecule has 2 nitrogen and oxygen atoms in total. The van der Waals surface area contributed by atoms with E-state index in [1.807, 2.05) is 0 Å². The summed E-state index contributed by atoms with van der Waals surface area (Å²) in [7, 11) is 0. The molecule has 19 heavy (non-hydrogen) atoms. The van der Waals surface area contributed by atoms with Crippen molar-refractivity contribution in [3.8, 4) is 0 Å². The second-order valence-corrected chi connectivity index (χ2v) is 5.25. The Morgan fingerprint density at radius 3 is 2.32 bits per heavy atom. The topological polar surface area (TPSA) is 15.3 Å². The Kier molecular flexibility index (Phi) is 4.76. The van der Waals surface area contributed by atoms with Crippen LogP contribution in [0.5, 0.6) is 0 Å². The van der Waals surface area contributed by atoms with Gasteiger partial charge in [0.05, 0.1) is 0 Å². The molecule has 1 aromatic carbocycles. The Morgan fingerprint density at radius 1 is 1.11 bits per heavy atom. The molecule has 2 fully saturated rings. The van der Waals surface area contributed by atoms with Gasteiger partial charge in [0.2, 0.25) is 0 Å². The first-order valence-corrected chi connectivity index (χ1v) is 6.65. The third kappa shape index (κ3) is 3.25. The summed E-state index contributed by atoms with van der Waals surface area (Å²) < 4.78 is 27.4. The Morgan fingerprint density at radius 2 is 1.79 bits per heavy atom. The van der Waals surface area contributed by atoms with Crippen molar-refractivity contribution in [2.45, 2.75) is 37.9 Å². The summed E-state index contributed by atoms with van der Waals surface area (Å²) in [4.78, 5) is 2.28. The van der Waals surface area contributed by atoms with Crippen LogP contribution in [-0.4, -0.2) is 30.1 Å². The van der Waals surface area contributed by atoms with E-state index in [0.29, 0.717) is 18.6 Å². The van der Waals surface area contributed by atoms with E-state index in [1.165, 1.54) is 18.2 Å². The van der Waals surface area contributed by atoms with E-state index in [0.717, 1.165) is 32.4 Å². The molecule has 1 heterocycles. The van der Waals surface area contributed by atoms with E-state index < -0.39 is 11.6 Å². The summed E-state index contributed by atoms with van der Waals surface area (Å²) in [6.45, 7) is 2.34. The minimum absolute atomic E-state index is 0. The molecular formula is C14H19ClF2N2. The van der Waals surface area contributed by atoms with Crippen molar-refractivity contribution < 1.29 is 8.78 Å². The monoisotopic (exact) mass is 288 g/mol. The SMILES string of the molecule is Cl.Fc1cccc(F)c1CN(C1CC1)C1CCNC1. The molecule has 0 bridgehead atoms. The van der Waals surface area contributed by atoms with Gasteiger partial charge in [0.25, 0.3) is 0 Å². The molecule has 1 aromatic rings. The van der Waals surface area contributed by atoms with Crippen molar-refractivity contribution in [1.29, 1.82) is 0 Å². The van der Waals surface area contributed by atoms with Crippen LogP contribution in [0.15, 0.2) is 18.2 Å². The van der Waals surface area contributed by atoms with Gasteiger partial charge in [-0.3, -0.25) is 4.90 Å². The van der Waals surface area contributed by atoms with Gasteiger partial charge < -0.3 is 5.32 Å². The lowest BCUT2D eigenvalue weighted by atomic mass is 10.1. The van der Waals surface area contributed by atoms with E-state index >= 15 is 0 Å². The average Bonchev–Trinajstić information content (AvgIpc) is 3.04. The average molecular weight is 289 g/mol. The Labute approximate surface area is 118 Å². The first kappa shape index (κ1) is 14.7. The second kappa shape index (κ2) is 6.16. The summed E-state index contributed by atoms with van der Waals surface area (Å²) in [5.41, 5.74) is 0.219. The van der Waals surface area contributed by atoms with Crippen molar-refractivity contribution in [2.75, 3.05) is 13.1 Å². The Bertz CT molecular complexity index is 411. The van der Waals surface area contributed by atoms with Gasteiger partial charge in [0, 0.05) is 30.7 Å². The van der Waals surface area contributed by atoms with Gasteiger partial charge in [0.15, 0.2) is 0 Å². The molecule has 1 aliphatic heterocycles. The first-order chi connectivity index (χ1) is 8.75. The van der Waals surface area contributed by atoms with E-state index in [1.54, 1.807) is 0 Å². The number of hydrogen-bond acceptors (Lipinski definition) is 2. The number of nitrogens with one attached hydrogen (secondary N) is 1. The van der Waals surface area contributed by atoms with Crippen molar-refractivity contribution >= 4 is 12.4 Å². The number of hydrogen-bond donors (Lipinski definition) is 1. The van der Waals surface area contributed by atoms with E-state index in [-0.39, 0.29) is 18.0 Å². The Balaban J connectivity index is 0.00000133. The highest BCUT2D eigenvalue weighted by Crippen LogP contribution is 2.32. The van der Waals surface area contributed by atoms with E-state index in [4.69, 9.17) is 0 Å². The highest BCUT2D eigenvalue weighted by molar-refractivity contribution is 5.85. The highest BCUT2D eigenvalue weighted by Gasteiger charge is 2.35.